The van der Waals surface area contributed by atoms with Crippen LogP contribution in [-0.2, 0) is 10.0 Å². The molecule has 0 spiro atoms. The average molecular weight is 487 g/mol. The molecule has 3 rings (SSSR count). The number of hydrogen-bond acceptors (Lipinski definition) is 7. The molecule has 0 saturated heterocycles. The Morgan fingerprint density at radius 2 is 1.91 bits per heavy atom. The van der Waals surface area contributed by atoms with E-state index < -0.39 is 20.9 Å². The fourth-order valence-corrected chi connectivity index (χ4v) is 4.09. The lowest BCUT2D eigenvalue weighted by Gasteiger charge is -2.13. The number of nitriles is 1. The van der Waals surface area contributed by atoms with Crippen LogP contribution in [-0.4, -0.2) is 26.4 Å². The number of rotatable bonds is 7. The number of nitrogens with one attached hydrogen (secondary N) is 2. The van der Waals surface area contributed by atoms with Crippen LogP contribution in [0.25, 0.3) is 0 Å². The number of halogens is 1. The Morgan fingerprint density at radius 1 is 1.15 bits per heavy atom. The van der Waals surface area contributed by atoms with E-state index in [0.717, 1.165) is 12.1 Å². The lowest BCUT2D eigenvalue weighted by molar-refractivity contribution is -0.384. The van der Waals surface area contributed by atoms with Crippen molar-refractivity contribution in [1.82, 2.24) is 0 Å². The SMILES string of the molecule is COc1ccc([N+](=O)[O-])cc1NS(=O)(=O)c1ccc(Cl)c(C(=O)Nc2cccc(C#N)c2)c1. The highest BCUT2D eigenvalue weighted by molar-refractivity contribution is 7.92. The standard InChI is InChI=1S/C21H15ClN4O6S/c1-32-20-8-5-15(26(28)29)10-19(20)25-33(30,31)16-6-7-18(22)17(11-16)21(27)24-14-4-2-3-13(9-14)12-23/h2-11,25H,1H3,(H,24,27). The summed E-state index contributed by atoms with van der Waals surface area (Å²) in [5.74, 6) is -0.631. The van der Waals surface area contributed by atoms with E-state index in [1.54, 1.807) is 18.2 Å². The molecule has 0 bridgehead atoms. The van der Waals surface area contributed by atoms with Crippen LogP contribution in [0, 0.1) is 21.4 Å². The first-order chi connectivity index (χ1) is 15.6. The van der Waals surface area contributed by atoms with Crippen LogP contribution in [0.15, 0.2) is 65.6 Å². The fraction of sp³-hybridized carbons (Fsp3) is 0.0476. The number of carbonyl (C=O) groups is 1. The number of hydrogen-bond donors (Lipinski definition) is 2. The first-order valence-electron chi connectivity index (χ1n) is 9.11. The predicted octanol–water partition coefficient (Wildman–Crippen LogP) is 4.18. The van der Waals surface area contributed by atoms with Crippen molar-refractivity contribution in [3.63, 3.8) is 0 Å². The normalized spacial score (nSPS) is 10.7. The molecule has 10 nitrogen and oxygen atoms in total. The van der Waals surface area contributed by atoms with Gasteiger partial charge >= 0.3 is 0 Å². The first kappa shape index (κ1) is 23.5. The Kier molecular flexibility index (Phi) is 6.81. The number of benzene rings is 3. The van der Waals surface area contributed by atoms with E-state index in [9.17, 15) is 23.3 Å². The maximum absolute atomic E-state index is 12.9. The number of methoxy groups -OCH3 is 1. The zero-order valence-electron chi connectivity index (χ0n) is 16.9. The number of amides is 1. The number of ether oxygens (including phenoxy) is 1. The zero-order valence-corrected chi connectivity index (χ0v) is 18.5. The minimum atomic E-state index is -4.28. The molecule has 0 aliphatic rings. The summed E-state index contributed by atoms with van der Waals surface area (Å²) in [4.78, 5) is 22.8. The molecular weight excluding hydrogens is 472 g/mol. The van der Waals surface area contributed by atoms with Gasteiger partial charge in [-0.05, 0) is 42.5 Å². The van der Waals surface area contributed by atoms with E-state index in [4.69, 9.17) is 21.6 Å². The summed E-state index contributed by atoms with van der Waals surface area (Å²) in [5, 5.41) is 22.6. The van der Waals surface area contributed by atoms with Crippen molar-refractivity contribution in [2.24, 2.45) is 0 Å². The summed E-state index contributed by atoms with van der Waals surface area (Å²) < 4.78 is 33.2. The minimum absolute atomic E-state index is 0.00387. The topological polar surface area (TPSA) is 151 Å². The van der Waals surface area contributed by atoms with Crippen molar-refractivity contribution >= 4 is 44.6 Å². The second-order valence-corrected chi connectivity index (χ2v) is 8.63. The quantitative estimate of drug-likeness (QED) is 0.375. The van der Waals surface area contributed by atoms with Crippen LogP contribution < -0.4 is 14.8 Å². The van der Waals surface area contributed by atoms with Gasteiger partial charge in [0.1, 0.15) is 5.75 Å². The third-order valence-electron chi connectivity index (χ3n) is 4.38. The molecule has 3 aromatic rings. The molecule has 0 heterocycles. The zero-order chi connectivity index (χ0) is 24.2. The molecule has 0 aliphatic heterocycles. The number of carbonyl (C=O) groups excluding carboxylic acids is 1. The summed E-state index contributed by atoms with van der Waals surface area (Å²) >= 11 is 6.11. The van der Waals surface area contributed by atoms with E-state index in [1.807, 2.05) is 6.07 Å². The van der Waals surface area contributed by atoms with Gasteiger partial charge in [0.25, 0.3) is 21.6 Å². The lowest BCUT2D eigenvalue weighted by atomic mass is 10.2. The van der Waals surface area contributed by atoms with Gasteiger partial charge in [0, 0.05) is 17.8 Å². The summed E-state index contributed by atoms with van der Waals surface area (Å²) in [5.41, 5.74) is 0.0197. The molecule has 12 heteroatoms. The van der Waals surface area contributed by atoms with Crippen molar-refractivity contribution < 1.29 is 22.9 Å². The van der Waals surface area contributed by atoms with E-state index in [1.165, 1.54) is 37.4 Å². The third kappa shape index (κ3) is 5.38. The predicted molar refractivity (Wildman–Crippen MR) is 121 cm³/mol. The van der Waals surface area contributed by atoms with E-state index in [0.29, 0.717) is 11.3 Å². The van der Waals surface area contributed by atoms with Gasteiger partial charge in [0.2, 0.25) is 0 Å². The van der Waals surface area contributed by atoms with Gasteiger partial charge in [-0.15, -0.1) is 0 Å². The molecular formula is C21H15ClN4O6S. The highest BCUT2D eigenvalue weighted by Crippen LogP contribution is 2.31. The van der Waals surface area contributed by atoms with Crippen molar-refractivity contribution in [2.45, 2.75) is 4.90 Å². The van der Waals surface area contributed by atoms with Crippen LogP contribution >= 0.6 is 11.6 Å². The molecule has 2 N–H and O–H groups in total. The molecule has 168 valence electrons. The number of nitro groups is 1. The van der Waals surface area contributed by atoms with Gasteiger partial charge in [0.15, 0.2) is 0 Å². The van der Waals surface area contributed by atoms with Gasteiger partial charge in [-0.25, -0.2) is 8.42 Å². The van der Waals surface area contributed by atoms with Gasteiger partial charge in [0.05, 0.1) is 44.8 Å². The Labute approximate surface area is 193 Å². The number of sulfonamides is 1. The molecule has 0 atom stereocenters. The molecule has 1 amide bonds. The maximum atomic E-state index is 12.9. The van der Waals surface area contributed by atoms with E-state index >= 15 is 0 Å². The molecule has 0 aromatic heterocycles. The molecule has 0 aliphatic carbocycles. The Hall–Kier alpha value is -4.14. The van der Waals surface area contributed by atoms with Gasteiger partial charge in [-0.1, -0.05) is 17.7 Å². The molecule has 0 unspecified atom stereocenters. The molecule has 0 saturated carbocycles. The molecule has 0 fully saturated rings. The number of non-ortho nitro benzene ring substituents is 1. The second-order valence-electron chi connectivity index (χ2n) is 6.54. The van der Waals surface area contributed by atoms with Crippen LogP contribution in [0.3, 0.4) is 0 Å². The van der Waals surface area contributed by atoms with Crippen LogP contribution in [0.1, 0.15) is 15.9 Å². The van der Waals surface area contributed by atoms with Crippen LogP contribution in [0.2, 0.25) is 5.02 Å². The van der Waals surface area contributed by atoms with E-state index in [2.05, 4.69) is 10.0 Å². The fourth-order valence-electron chi connectivity index (χ4n) is 2.80. The second kappa shape index (κ2) is 9.56. The highest BCUT2D eigenvalue weighted by atomic mass is 35.5. The minimum Gasteiger partial charge on any atom is -0.495 e. The number of anilines is 2. The third-order valence-corrected chi connectivity index (χ3v) is 6.07. The lowest BCUT2D eigenvalue weighted by Crippen LogP contribution is -2.17. The summed E-state index contributed by atoms with van der Waals surface area (Å²) in [6.07, 6.45) is 0. The van der Waals surface area contributed by atoms with Gasteiger partial charge < -0.3 is 10.1 Å². The van der Waals surface area contributed by atoms with Crippen molar-refractivity contribution in [1.29, 1.82) is 5.26 Å². The van der Waals surface area contributed by atoms with Crippen LogP contribution in [0.4, 0.5) is 17.1 Å². The number of nitro benzene ring substituents is 1. The smallest absolute Gasteiger partial charge is 0.271 e. The summed E-state index contributed by atoms with van der Waals surface area (Å²) in [7, 11) is -3.00. The first-order valence-corrected chi connectivity index (χ1v) is 11.0. The van der Waals surface area contributed by atoms with Crippen molar-refractivity contribution in [3.8, 4) is 11.8 Å². The Morgan fingerprint density at radius 3 is 2.58 bits per heavy atom. The molecule has 0 radical (unpaired) electrons. The maximum Gasteiger partial charge on any atom is 0.271 e. The number of nitrogens with zero attached hydrogens (tertiary/aromatic N) is 2. The largest absolute Gasteiger partial charge is 0.495 e. The molecule has 3 aromatic carbocycles. The van der Waals surface area contributed by atoms with Crippen molar-refractivity contribution in [3.05, 3.63) is 86.9 Å². The average Bonchev–Trinajstić information content (AvgIpc) is 2.78. The monoisotopic (exact) mass is 486 g/mol. The summed E-state index contributed by atoms with van der Waals surface area (Å²) in [6, 6.07) is 15.0. The van der Waals surface area contributed by atoms with E-state index in [-0.39, 0.29) is 32.6 Å². The Balaban J connectivity index is 1.93. The van der Waals surface area contributed by atoms with Crippen LogP contribution in [0.5, 0.6) is 5.75 Å². The Bertz CT molecular complexity index is 1400. The van der Waals surface area contributed by atoms with Gasteiger partial charge in [-0.3, -0.25) is 19.6 Å². The molecule has 33 heavy (non-hydrogen) atoms. The van der Waals surface area contributed by atoms with Gasteiger partial charge in [-0.2, -0.15) is 5.26 Å². The van der Waals surface area contributed by atoms with Crippen molar-refractivity contribution in [2.75, 3.05) is 17.1 Å². The highest BCUT2D eigenvalue weighted by Gasteiger charge is 2.22. The summed E-state index contributed by atoms with van der Waals surface area (Å²) in [6.45, 7) is 0.